The summed E-state index contributed by atoms with van der Waals surface area (Å²) in [5.74, 6) is 1.92. The Bertz CT molecular complexity index is 1140. The molecule has 0 bridgehead atoms. The van der Waals surface area contributed by atoms with E-state index in [2.05, 4.69) is 10.3 Å². The minimum atomic E-state index is -0.0595. The van der Waals surface area contributed by atoms with Gasteiger partial charge in [-0.2, -0.15) is 0 Å². The van der Waals surface area contributed by atoms with Gasteiger partial charge < -0.3 is 18.9 Å². The number of halogens is 1. The van der Waals surface area contributed by atoms with Crippen LogP contribution in [0.2, 0.25) is 5.02 Å². The molecule has 0 unspecified atom stereocenters. The second-order valence-corrected chi connectivity index (χ2v) is 7.73. The summed E-state index contributed by atoms with van der Waals surface area (Å²) in [6.45, 7) is 1.35. The Morgan fingerprint density at radius 3 is 2.69 bits per heavy atom. The molecule has 1 amide bonds. The molecule has 0 aliphatic heterocycles. The molecule has 0 atom stereocenters. The van der Waals surface area contributed by atoms with E-state index in [0.29, 0.717) is 49.3 Å². The smallest absolute Gasteiger partial charge is 0.220 e. The van der Waals surface area contributed by atoms with Gasteiger partial charge in [0, 0.05) is 30.0 Å². The standard InChI is InChI=1S/C25H23ClN2O4/c26-21-8-6-20(7-9-21)23-15-28-25(32-23)11-10-24(29)27-14-18-3-1-4-19(13-18)16-30-17-22-5-2-12-31-22/h1-9,12-13,15H,10-11,14,16-17H2,(H,27,29). The van der Waals surface area contributed by atoms with Gasteiger partial charge in [-0.1, -0.05) is 35.9 Å². The second kappa shape index (κ2) is 10.8. The largest absolute Gasteiger partial charge is 0.467 e. The fourth-order valence-corrected chi connectivity index (χ4v) is 3.30. The SMILES string of the molecule is O=C(CCc1ncc(-c2ccc(Cl)cc2)o1)NCc1cccc(COCc2ccco2)c1. The van der Waals surface area contributed by atoms with E-state index in [1.165, 1.54) is 0 Å². The van der Waals surface area contributed by atoms with Gasteiger partial charge in [-0.05, 0) is 47.5 Å². The number of oxazole rings is 1. The number of nitrogens with one attached hydrogen (secondary N) is 1. The van der Waals surface area contributed by atoms with Crippen molar-refractivity contribution in [3.05, 3.63) is 101 Å². The van der Waals surface area contributed by atoms with Crippen molar-refractivity contribution in [2.45, 2.75) is 32.6 Å². The molecule has 1 N–H and O–H groups in total. The van der Waals surface area contributed by atoms with Crippen molar-refractivity contribution in [2.24, 2.45) is 0 Å². The van der Waals surface area contributed by atoms with Gasteiger partial charge in [0.05, 0.1) is 19.1 Å². The Labute approximate surface area is 191 Å². The average molecular weight is 451 g/mol. The number of aromatic nitrogens is 1. The van der Waals surface area contributed by atoms with Crippen LogP contribution in [-0.4, -0.2) is 10.9 Å². The summed E-state index contributed by atoms with van der Waals surface area (Å²) in [5.41, 5.74) is 2.95. The van der Waals surface area contributed by atoms with Crippen LogP contribution in [0.15, 0.2) is 82.0 Å². The number of aryl methyl sites for hydroxylation is 1. The van der Waals surface area contributed by atoms with Gasteiger partial charge >= 0.3 is 0 Å². The van der Waals surface area contributed by atoms with Gasteiger partial charge in [0.25, 0.3) is 0 Å². The zero-order valence-electron chi connectivity index (χ0n) is 17.4. The van der Waals surface area contributed by atoms with Gasteiger partial charge in [0.1, 0.15) is 12.4 Å². The third kappa shape index (κ3) is 6.33. The van der Waals surface area contributed by atoms with Crippen LogP contribution in [0.25, 0.3) is 11.3 Å². The molecule has 0 radical (unpaired) electrons. The molecular weight excluding hydrogens is 428 g/mol. The molecule has 4 aromatic rings. The number of nitrogens with zero attached hydrogens (tertiary/aromatic N) is 1. The number of ether oxygens (including phenoxy) is 1. The molecule has 0 spiro atoms. The zero-order chi connectivity index (χ0) is 22.2. The molecule has 2 heterocycles. The lowest BCUT2D eigenvalue weighted by atomic mass is 10.1. The van der Waals surface area contributed by atoms with Crippen molar-refractivity contribution >= 4 is 17.5 Å². The first-order chi connectivity index (χ1) is 15.7. The van der Waals surface area contributed by atoms with Crippen LogP contribution < -0.4 is 5.32 Å². The molecular formula is C25H23ClN2O4. The Kier molecular flexibility index (Phi) is 7.38. The van der Waals surface area contributed by atoms with E-state index < -0.39 is 0 Å². The molecule has 0 aliphatic rings. The van der Waals surface area contributed by atoms with Crippen molar-refractivity contribution in [3.63, 3.8) is 0 Å². The normalized spacial score (nSPS) is 10.9. The van der Waals surface area contributed by atoms with Gasteiger partial charge in [0.2, 0.25) is 5.91 Å². The zero-order valence-corrected chi connectivity index (χ0v) is 18.2. The lowest BCUT2D eigenvalue weighted by Crippen LogP contribution is -2.23. The van der Waals surface area contributed by atoms with Crippen molar-refractivity contribution in [1.82, 2.24) is 10.3 Å². The Balaban J connectivity index is 1.21. The van der Waals surface area contributed by atoms with E-state index >= 15 is 0 Å². The van der Waals surface area contributed by atoms with Gasteiger partial charge in [0.15, 0.2) is 11.7 Å². The predicted octanol–water partition coefficient (Wildman–Crippen LogP) is 5.55. The summed E-state index contributed by atoms with van der Waals surface area (Å²) in [6.07, 6.45) is 4.02. The lowest BCUT2D eigenvalue weighted by molar-refractivity contribution is -0.121. The predicted molar refractivity (Wildman–Crippen MR) is 121 cm³/mol. The van der Waals surface area contributed by atoms with Crippen LogP contribution in [0.1, 0.15) is 29.2 Å². The maximum absolute atomic E-state index is 12.3. The monoisotopic (exact) mass is 450 g/mol. The summed E-state index contributed by atoms with van der Waals surface area (Å²) in [5, 5.41) is 3.60. The first-order valence-corrected chi connectivity index (χ1v) is 10.7. The number of carbonyl (C=O) groups is 1. The topological polar surface area (TPSA) is 77.5 Å². The first kappa shape index (κ1) is 21.9. The van der Waals surface area contributed by atoms with Crippen molar-refractivity contribution < 1.29 is 18.4 Å². The third-order valence-electron chi connectivity index (χ3n) is 4.82. The Morgan fingerprint density at radius 1 is 1.03 bits per heavy atom. The molecule has 7 heteroatoms. The van der Waals surface area contributed by atoms with E-state index in [0.717, 1.165) is 22.5 Å². The molecule has 0 fully saturated rings. The number of hydrogen-bond donors (Lipinski definition) is 1. The second-order valence-electron chi connectivity index (χ2n) is 7.29. The van der Waals surface area contributed by atoms with E-state index in [4.69, 9.17) is 25.2 Å². The average Bonchev–Trinajstić information content (AvgIpc) is 3.49. The van der Waals surface area contributed by atoms with Crippen molar-refractivity contribution in [2.75, 3.05) is 0 Å². The number of benzene rings is 2. The van der Waals surface area contributed by atoms with Crippen LogP contribution in [0.5, 0.6) is 0 Å². The highest BCUT2D eigenvalue weighted by Crippen LogP contribution is 2.22. The van der Waals surface area contributed by atoms with Crippen molar-refractivity contribution in [1.29, 1.82) is 0 Å². The van der Waals surface area contributed by atoms with Crippen molar-refractivity contribution in [3.8, 4) is 11.3 Å². The minimum absolute atomic E-state index is 0.0595. The molecule has 2 aromatic heterocycles. The highest BCUT2D eigenvalue weighted by molar-refractivity contribution is 6.30. The van der Waals surface area contributed by atoms with Crippen LogP contribution in [0.4, 0.5) is 0 Å². The van der Waals surface area contributed by atoms with Gasteiger partial charge in [-0.15, -0.1) is 0 Å². The van der Waals surface area contributed by atoms with Crippen LogP contribution in [0.3, 0.4) is 0 Å². The van der Waals surface area contributed by atoms with Crippen LogP contribution in [-0.2, 0) is 35.7 Å². The fraction of sp³-hybridized carbons (Fsp3) is 0.200. The van der Waals surface area contributed by atoms with E-state index in [1.54, 1.807) is 24.6 Å². The molecule has 0 aliphatic carbocycles. The molecule has 0 saturated carbocycles. The summed E-state index contributed by atoms with van der Waals surface area (Å²) in [6, 6.07) is 19.0. The Hall–Kier alpha value is -3.35. The first-order valence-electron chi connectivity index (χ1n) is 10.3. The number of carbonyl (C=O) groups excluding carboxylic acids is 1. The molecule has 2 aromatic carbocycles. The maximum atomic E-state index is 12.3. The number of amides is 1. The van der Waals surface area contributed by atoms with Gasteiger partial charge in [-0.3, -0.25) is 4.79 Å². The number of hydrogen-bond acceptors (Lipinski definition) is 5. The summed E-state index contributed by atoms with van der Waals surface area (Å²) >= 11 is 5.91. The fourth-order valence-electron chi connectivity index (χ4n) is 3.18. The number of furan rings is 1. The summed E-state index contributed by atoms with van der Waals surface area (Å²) in [4.78, 5) is 16.5. The molecule has 0 saturated heterocycles. The highest BCUT2D eigenvalue weighted by Gasteiger charge is 2.09. The molecule has 6 nitrogen and oxygen atoms in total. The van der Waals surface area contributed by atoms with E-state index in [1.807, 2.05) is 48.5 Å². The number of rotatable bonds is 10. The van der Waals surface area contributed by atoms with E-state index in [9.17, 15) is 4.79 Å². The minimum Gasteiger partial charge on any atom is -0.467 e. The van der Waals surface area contributed by atoms with Crippen LogP contribution >= 0.6 is 11.6 Å². The molecule has 4 rings (SSSR count). The molecule has 32 heavy (non-hydrogen) atoms. The summed E-state index contributed by atoms with van der Waals surface area (Å²) in [7, 11) is 0. The summed E-state index contributed by atoms with van der Waals surface area (Å²) < 4.78 is 16.7. The maximum Gasteiger partial charge on any atom is 0.220 e. The molecule has 164 valence electrons. The van der Waals surface area contributed by atoms with E-state index in [-0.39, 0.29) is 5.91 Å². The Morgan fingerprint density at radius 2 is 1.88 bits per heavy atom. The lowest BCUT2D eigenvalue weighted by Gasteiger charge is -2.07. The van der Waals surface area contributed by atoms with Crippen LogP contribution in [0, 0.1) is 0 Å². The quantitative estimate of drug-likeness (QED) is 0.342. The highest BCUT2D eigenvalue weighted by atomic mass is 35.5. The van der Waals surface area contributed by atoms with Gasteiger partial charge in [-0.25, -0.2) is 4.98 Å². The third-order valence-corrected chi connectivity index (χ3v) is 5.07.